The van der Waals surface area contributed by atoms with Crippen LogP contribution in [0.3, 0.4) is 0 Å². The summed E-state index contributed by atoms with van der Waals surface area (Å²) in [6.07, 6.45) is 0. The number of para-hydroxylation sites is 1. The highest BCUT2D eigenvalue weighted by molar-refractivity contribution is 5.79. The summed E-state index contributed by atoms with van der Waals surface area (Å²) in [7, 11) is 1.76. The fourth-order valence-electron chi connectivity index (χ4n) is 2.41. The molecule has 0 spiro atoms. The number of likely N-dealkylation sites (N-methyl/N-ethyl adjacent to an activating group) is 1. The van der Waals surface area contributed by atoms with Gasteiger partial charge >= 0.3 is 0 Å². The van der Waals surface area contributed by atoms with Crippen molar-refractivity contribution < 1.29 is 9.53 Å². The zero-order valence-corrected chi connectivity index (χ0v) is 13.8. The molecule has 0 unspecified atom stereocenters. The van der Waals surface area contributed by atoms with Gasteiger partial charge in [-0.15, -0.1) is 5.10 Å². The molecule has 1 amide bonds. The van der Waals surface area contributed by atoms with E-state index in [2.05, 4.69) is 10.3 Å². The maximum Gasteiger partial charge on any atom is 0.244 e. The summed E-state index contributed by atoms with van der Waals surface area (Å²) in [6.45, 7) is 3.15. The number of rotatable bonds is 6. The molecule has 24 heavy (non-hydrogen) atoms. The van der Waals surface area contributed by atoms with E-state index in [9.17, 15) is 4.79 Å². The first kappa shape index (κ1) is 16.0. The maximum absolute atomic E-state index is 12.3. The molecule has 3 rings (SSSR count). The molecule has 0 saturated carbocycles. The van der Waals surface area contributed by atoms with Crippen molar-refractivity contribution in [1.29, 1.82) is 0 Å². The van der Waals surface area contributed by atoms with Crippen molar-refractivity contribution in [3.8, 4) is 5.75 Å². The molecule has 0 fully saturated rings. The van der Waals surface area contributed by atoms with Gasteiger partial charge in [0.05, 0.1) is 12.1 Å². The smallest absolute Gasteiger partial charge is 0.244 e. The zero-order valence-electron chi connectivity index (χ0n) is 13.8. The summed E-state index contributed by atoms with van der Waals surface area (Å²) in [5.74, 6) is 0.789. The quantitative estimate of drug-likeness (QED) is 0.698. The van der Waals surface area contributed by atoms with E-state index < -0.39 is 0 Å². The number of ether oxygens (including phenoxy) is 1. The van der Waals surface area contributed by atoms with Gasteiger partial charge in [0.1, 0.15) is 24.4 Å². The van der Waals surface area contributed by atoms with Crippen LogP contribution in [0.4, 0.5) is 0 Å². The fraction of sp³-hybridized carbons (Fsp3) is 0.278. The van der Waals surface area contributed by atoms with E-state index in [-0.39, 0.29) is 12.5 Å². The number of fused-ring (bicyclic) bond motifs is 1. The van der Waals surface area contributed by atoms with Crippen LogP contribution in [0.2, 0.25) is 0 Å². The normalized spacial score (nSPS) is 10.8. The van der Waals surface area contributed by atoms with Gasteiger partial charge < -0.3 is 9.64 Å². The van der Waals surface area contributed by atoms with Crippen LogP contribution in [-0.2, 0) is 11.3 Å². The summed E-state index contributed by atoms with van der Waals surface area (Å²) < 4.78 is 7.31. The Morgan fingerprint density at radius 2 is 2.04 bits per heavy atom. The Bertz CT molecular complexity index is 844. The molecule has 0 aliphatic heterocycles. The highest BCUT2D eigenvalue weighted by Gasteiger charge is 2.12. The Morgan fingerprint density at radius 3 is 2.88 bits per heavy atom. The van der Waals surface area contributed by atoms with Crippen molar-refractivity contribution in [1.82, 2.24) is 19.9 Å². The van der Waals surface area contributed by atoms with Gasteiger partial charge in [-0.1, -0.05) is 29.5 Å². The first-order valence-corrected chi connectivity index (χ1v) is 7.85. The van der Waals surface area contributed by atoms with Crippen LogP contribution in [0.1, 0.15) is 5.56 Å². The van der Waals surface area contributed by atoms with Crippen LogP contribution >= 0.6 is 0 Å². The van der Waals surface area contributed by atoms with Crippen molar-refractivity contribution in [3.05, 3.63) is 54.1 Å². The molecule has 1 heterocycles. The Labute approximate surface area is 140 Å². The van der Waals surface area contributed by atoms with E-state index in [4.69, 9.17) is 4.74 Å². The highest BCUT2D eigenvalue weighted by Crippen LogP contribution is 2.12. The van der Waals surface area contributed by atoms with E-state index in [1.807, 2.05) is 55.5 Å². The van der Waals surface area contributed by atoms with Gasteiger partial charge in [-0.3, -0.25) is 4.79 Å². The van der Waals surface area contributed by atoms with Crippen molar-refractivity contribution >= 4 is 16.9 Å². The monoisotopic (exact) mass is 324 g/mol. The third kappa shape index (κ3) is 3.71. The number of benzene rings is 2. The molecule has 0 bridgehead atoms. The maximum atomic E-state index is 12.3. The summed E-state index contributed by atoms with van der Waals surface area (Å²) in [5, 5.41) is 8.10. The molecule has 6 heteroatoms. The number of hydrogen-bond donors (Lipinski definition) is 0. The number of carbonyl (C=O) groups is 1. The van der Waals surface area contributed by atoms with Gasteiger partial charge in [0.25, 0.3) is 0 Å². The molecule has 2 aromatic carbocycles. The van der Waals surface area contributed by atoms with Gasteiger partial charge in [0.2, 0.25) is 5.91 Å². The molecule has 0 atom stereocenters. The summed E-state index contributed by atoms with van der Waals surface area (Å²) >= 11 is 0. The SMILES string of the molecule is Cc1cccc(OCCN(C)C(=O)Cn2nnc3ccccc32)c1. The third-order valence-corrected chi connectivity index (χ3v) is 3.82. The standard InChI is InChI=1S/C18H20N4O2/c1-14-6-5-7-15(12-14)24-11-10-21(2)18(23)13-22-17-9-4-3-8-16(17)19-20-22/h3-9,12H,10-11,13H2,1-2H3. The number of aryl methyl sites for hydroxylation is 1. The van der Waals surface area contributed by atoms with Crippen LogP contribution in [0.15, 0.2) is 48.5 Å². The lowest BCUT2D eigenvalue weighted by Gasteiger charge is -2.17. The van der Waals surface area contributed by atoms with E-state index in [1.165, 1.54) is 0 Å². The molecule has 124 valence electrons. The predicted molar refractivity (Wildman–Crippen MR) is 91.8 cm³/mol. The van der Waals surface area contributed by atoms with Crippen LogP contribution in [0, 0.1) is 6.92 Å². The molecule has 0 radical (unpaired) electrons. The largest absolute Gasteiger partial charge is 0.492 e. The summed E-state index contributed by atoms with van der Waals surface area (Å²) in [5.41, 5.74) is 2.79. The first-order valence-electron chi connectivity index (χ1n) is 7.85. The van der Waals surface area contributed by atoms with Crippen molar-refractivity contribution in [2.45, 2.75) is 13.5 Å². The van der Waals surface area contributed by atoms with Gasteiger partial charge in [0, 0.05) is 7.05 Å². The van der Waals surface area contributed by atoms with E-state index in [0.717, 1.165) is 22.3 Å². The van der Waals surface area contributed by atoms with Crippen LogP contribution < -0.4 is 4.74 Å². The third-order valence-electron chi connectivity index (χ3n) is 3.82. The number of amides is 1. The van der Waals surface area contributed by atoms with Crippen molar-refractivity contribution in [2.75, 3.05) is 20.2 Å². The van der Waals surface area contributed by atoms with Crippen molar-refractivity contribution in [3.63, 3.8) is 0 Å². The Balaban J connectivity index is 1.53. The topological polar surface area (TPSA) is 60.2 Å². The van der Waals surface area contributed by atoms with Crippen LogP contribution in [0.5, 0.6) is 5.75 Å². The minimum Gasteiger partial charge on any atom is -0.492 e. The predicted octanol–water partition coefficient (Wildman–Crippen LogP) is 2.28. The molecule has 3 aromatic rings. The summed E-state index contributed by atoms with van der Waals surface area (Å²) in [4.78, 5) is 14.0. The molecular weight excluding hydrogens is 304 g/mol. The molecule has 0 aliphatic rings. The molecule has 1 aromatic heterocycles. The van der Waals surface area contributed by atoms with Gasteiger partial charge in [-0.25, -0.2) is 4.68 Å². The van der Waals surface area contributed by atoms with E-state index in [1.54, 1.807) is 16.6 Å². The van der Waals surface area contributed by atoms with Gasteiger partial charge in [0.15, 0.2) is 0 Å². The average Bonchev–Trinajstić information content (AvgIpc) is 2.98. The zero-order chi connectivity index (χ0) is 16.9. The number of aromatic nitrogens is 3. The number of carbonyl (C=O) groups excluding carboxylic acids is 1. The molecule has 0 N–H and O–H groups in total. The lowest BCUT2D eigenvalue weighted by atomic mass is 10.2. The lowest BCUT2D eigenvalue weighted by molar-refractivity contribution is -0.131. The fourth-order valence-corrected chi connectivity index (χ4v) is 2.41. The number of hydrogen-bond acceptors (Lipinski definition) is 4. The van der Waals surface area contributed by atoms with Gasteiger partial charge in [-0.05, 0) is 36.8 Å². The second-order valence-electron chi connectivity index (χ2n) is 5.72. The average molecular weight is 324 g/mol. The second kappa shape index (κ2) is 7.12. The van der Waals surface area contributed by atoms with Gasteiger partial charge in [-0.2, -0.15) is 0 Å². The second-order valence-corrected chi connectivity index (χ2v) is 5.72. The molecule has 6 nitrogen and oxygen atoms in total. The summed E-state index contributed by atoms with van der Waals surface area (Å²) in [6, 6.07) is 15.5. The van der Waals surface area contributed by atoms with E-state index >= 15 is 0 Å². The number of nitrogens with zero attached hydrogens (tertiary/aromatic N) is 4. The Morgan fingerprint density at radius 1 is 1.21 bits per heavy atom. The lowest BCUT2D eigenvalue weighted by Crippen LogP contribution is -2.33. The molecule has 0 aliphatic carbocycles. The Kier molecular flexibility index (Phi) is 4.74. The molecule has 0 saturated heterocycles. The molecular formula is C18H20N4O2. The minimum atomic E-state index is -0.0292. The van der Waals surface area contributed by atoms with Crippen LogP contribution in [-0.4, -0.2) is 46.0 Å². The van der Waals surface area contributed by atoms with E-state index in [0.29, 0.717) is 13.2 Å². The first-order chi connectivity index (χ1) is 11.6. The minimum absolute atomic E-state index is 0.0292. The van der Waals surface area contributed by atoms with Crippen molar-refractivity contribution in [2.24, 2.45) is 0 Å². The Hall–Kier alpha value is -2.89. The highest BCUT2D eigenvalue weighted by atomic mass is 16.5. The van der Waals surface area contributed by atoms with Crippen LogP contribution in [0.25, 0.3) is 11.0 Å².